The molecular weight excluding hydrogens is 426 g/mol. The van der Waals surface area contributed by atoms with Gasteiger partial charge in [0.05, 0.1) is 11.4 Å². The number of hydrogen-bond donors (Lipinski definition) is 1. The van der Waals surface area contributed by atoms with Crippen LogP contribution < -0.4 is 5.32 Å². The van der Waals surface area contributed by atoms with E-state index in [0.29, 0.717) is 0 Å². The second kappa shape index (κ2) is 10.7. The zero-order chi connectivity index (χ0) is 24.1. The molecule has 0 spiro atoms. The van der Waals surface area contributed by atoms with E-state index in [1.807, 2.05) is 52.0 Å². The molecular formula is C24H33N3O4S. The van der Waals surface area contributed by atoms with Gasteiger partial charge in [-0.3, -0.25) is 9.59 Å². The Morgan fingerprint density at radius 1 is 0.969 bits per heavy atom. The number of amides is 2. The summed E-state index contributed by atoms with van der Waals surface area (Å²) in [6.45, 7) is 8.99. The number of carbonyl (C=O) groups excluding carboxylic acids is 2. The van der Waals surface area contributed by atoms with E-state index in [9.17, 15) is 18.0 Å². The highest BCUT2D eigenvalue weighted by Crippen LogP contribution is 2.17. The predicted octanol–water partition coefficient (Wildman–Crippen LogP) is 2.87. The van der Waals surface area contributed by atoms with E-state index >= 15 is 0 Å². The second-order valence-corrected chi connectivity index (χ2v) is 10.4. The van der Waals surface area contributed by atoms with Gasteiger partial charge in [0.15, 0.2) is 0 Å². The second-order valence-electron chi connectivity index (χ2n) is 8.36. The van der Waals surface area contributed by atoms with Crippen LogP contribution in [-0.4, -0.2) is 55.1 Å². The number of aryl methyl sites for hydroxylation is 2. The third-order valence-electron chi connectivity index (χ3n) is 5.29. The maximum Gasteiger partial charge on any atom is 0.243 e. The minimum Gasteiger partial charge on any atom is -0.352 e. The van der Waals surface area contributed by atoms with Crippen LogP contribution in [0.1, 0.15) is 37.5 Å². The van der Waals surface area contributed by atoms with Gasteiger partial charge < -0.3 is 10.2 Å². The molecule has 1 atom stereocenters. The van der Waals surface area contributed by atoms with Crippen molar-refractivity contribution in [2.45, 2.75) is 58.1 Å². The van der Waals surface area contributed by atoms with Crippen molar-refractivity contribution in [3.05, 3.63) is 65.2 Å². The molecule has 0 bridgehead atoms. The molecule has 0 aromatic heterocycles. The predicted molar refractivity (Wildman–Crippen MR) is 125 cm³/mol. The molecule has 8 heteroatoms. The summed E-state index contributed by atoms with van der Waals surface area (Å²) in [5.41, 5.74) is 2.83. The van der Waals surface area contributed by atoms with Crippen LogP contribution in [0.15, 0.2) is 53.4 Å². The third kappa shape index (κ3) is 6.40. The molecule has 2 rings (SSSR count). The highest BCUT2D eigenvalue weighted by atomic mass is 32.2. The molecule has 174 valence electrons. The summed E-state index contributed by atoms with van der Waals surface area (Å²) in [6, 6.07) is 13.2. The van der Waals surface area contributed by atoms with Crippen LogP contribution in [0, 0.1) is 13.8 Å². The molecule has 1 N–H and O–H groups in total. The Morgan fingerprint density at radius 3 is 2.12 bits per heavy atom. The lowest BCUT2D eigenvalue weighted by Crippen LogP contribution is -2.51. The Bertz CT molecular complexity index is 1050. The number of rotatable bonds is 9. The fraction of sp³-hybridized carbons (Fsp3) is 0.417. The van der Waals surface area contributed by atoms with Crippen LogP contribution in [-0.2, 0) is 26.2 Å². The quantitative estimate of drug-likeness (QED) is 0.625. The summed E-state index contributed by atoms with van der Waals surface area (Å²) in [6.07, 6.45) is 0. The lowest BCUT2D eigenvalue weighted by molar-refractivity contribution is -0.140. The number of nitrogens with zero attached hydrogens (tertiary/aromatic N) is 2. The molecule has 0 saturated heterocycles. The van der Waals surface area contributed by atoms with E-state index in [-0.39, 0.29) is 29.9 Å². The minimum absolute atomic E-state index is 0.0787. The zero-order valence-electron chi connectivity index (χ0n) is 19.6. The van der Waals surface area contributed by atoms with Crippen molar-refractivity contribution in [3.8, 4) is 0 Å². The third-order valence-corrected chi connectivity index (χ3v) is 7.10. The molecule has 0 aliphatic heterocycles. The zero-order valence-corrected chi connectivity index (χ0v) is 20.4. The van der Waals surface area contributed by atoms with Gasteiger partial charge in [-0.15, -0.1) is 0 Å². The summed E-state index contributed by atoms with van der Waals surface area (Å²) in [4.78, 5) is 27.5. The molecule has 2 aromatic rings. The highest BCUT2D eigenvalue weighted by molar-refractivity contribution is 7.89. The van der Waals surface area contributed by atoms with Gasteiger partial charge in [-0.25, -0.2) is 8.42 Å². The topological polar surface area (TPSA) is 86.8 Å². The SMILES string of the molecule is Cc1ccc(S(=O)(=O)N(C)CC(=O)N(Cc2ccccc2C)[C@@H](C)C(=O)NC(C)C)cc1. The smallest absolute Gasteiger partial charge is 0.243 e. The number of nitrogens with one attached hydrogen (secondary N) is 1. The van der Waals surface area contributed by atoms with E-state index in [4.69, 9.17) is 0 Å². The van der Waals surface area contributed by atoms with Crippen LogP contribution >= 0.6 is 0 Å². The first kappa shape index (κ1) is 25.5. The number of hydrogen-bond acceptors (Lipinski definition) is 4. The molecule has 7 nitrogen and oxygen atoms in total. The van der Waals surface area contributed by atoms with Crippen LogP contribution in [0.5, 0.6) is 0 Å². The summed E-state index contributed by atoms with van der Waals surface area (Å²) >= 11 is 0. The maximum absolute atomic E-state index is 13.3. The average Bonchev–Trinajstić information content (AvgIpc) is 2.72. The van der Waals surface area contributed by atoms with Crippen molar-refractivity contribution in [2.24, 2.45) is 0 Å². The maximum atomic E-state index is 13.3. The average molecular weight is 460 g/mol. The first-order chi connectivity index (χ1) is 14.9. The summed E-state index contributed by atoms with van der Waals surface area (Å²) in [5, 5.41) is 2.83. The van der Waals surface area contributed by atoms with Crippen LogP contribution in [0.4, 0.5) is 0 Å². The molecule has 2 aromatic carbocycles. The first-order valence-corrected chi connectivity index (χ1v) is 12.0. The number of sulfonamides is 1. The standard InChI is InChI=1S/C24H33N3O4S/c1-17(2)25-24(29)20(5)27(15-21-10-8-7-9-19(21)4)23(28)16-26(6)32(30,31)22-13-11-18(3)12-14-22/h7-14,17,20H,15-16H2,1-6H3,(H,25,29)/t20-/m0/s1. The van der Waals surface area contributed by atoms with Crippen molar-refractivity contribution >= 4 is 21.8 Å². The number of benzene rings is 2. The lowest BCUT2D eigenvalue weighted by Gasteiger charge is -2.31. The minimum atomic E-state index is -3.85. The van der Waals surface area contributed by atoms with Crippen molar-refractivity contribution in [2.75, 3.05) is 13.6 Å². The largest absolute Gasteiger partial charge is 0.352 e. The lowest BCUT2D eigenvalue weighted by atomic mass is 10.1. The molecule has 0 fully saturated rings. The van der Waals surface area contributed by atoms with Crippen LogP contribution in [0.3, 0.4) is 0 Å². The fourth-order valence-corrected chi connectivity index (χ4v) is 4.34. The molecule has 0 aliphatic rings. The van der Waals surface area contributed by atoms with Gasteiger partial charge in [-0.05, 0) is 57.9 Å². The highest BCUT2D eigenvalue weighted by Gasteiger charge is 2.30. The van der Waals surface area contributed by atoms with Crippen molar-refractivity contribution < 1.29 is 18.0 Å². The summed E-state index contributed by atoms with van der Waals surface area (Å²) in [5.74, 6) is -0.733. The van der Waals surface area contributed by atoms with E-state index in [1.54, 1.807) is 19.1 Å². The normalized spacial score (nSPS) is 12.6. The molecule has 0 aliphatic carbocycles. The molecule has 0 unspecified atom stereocenters. The number of carbonyl (C=O) groups is 2. The van der Waals surface area contributed by atoms with Gasteiger partial charge in [0.2, 0.25) is 21.8 Å². The van der Waals surface area contributed by atoms with E-state index in [0.717, 1.165) is 21.0 Å². The van der Waals surface area contributed by atoms with Gasteiger partial charge in [0.25, 0.3) is 0 Å². The van der Waals surface area contributed by atoms with E-state index in [2.05, 4.69) is 5.32 Å². The van der Waals surface area contributed by atoms with Gasteiger partial charge >= 0.3 is 0 Å². The Labute approximate surface area is 191 Å². The van der Waals surface area contributed by atoms with Crippen molar-refractivity contribution in [3.63, 3.8) is 0 Å². The Kier molecular flexibility index (Phi) is 8.58. The van der Waals surface area contributed by atoms with Crippen molar-refractivity contribution in [1.29, 1.82) is 0 Å². The molecule has 2 amide bonds. The molecule has 0 saturated carbocycles. The Morgan fingerprint density at radius 2 is 1.56 bits per heavy atom. The van der Waals surface area contributed by atoms with Crippen LogP contribution in [0.2, 0.25) is 0 Å². The van der Waals surface area contributed by atoms with Gasteiger partial charge in [-0.1, -0.05) is 42.0 Å². The van der Waals surface area contributed by atoms with Gasteiger partial charge in [-0.2, -0.15) is 4.31 Å². The Balaban J connectivity index is 2.29. The molecule has 32 heavy (non-hydrogen) atoms. The number of likely N-dealkylation sites (N-methyl/N-ethyl adjacent to an activating group) is 1. The van der Waals surface area contributed by atoms with E-state index in [1.165, 1.54) is 24.1 Å². The molecule has 0 radical (unpaired) electrons. The first-order valence-electron chi connectivity index (χ1n) is 10.6. The van der Waals surface area contributed by atoms with Gasteiger partial charge in [0, 0.05) is 19.6 Å². The van der Waals surface area contributed by atoms with Crippen molar-refractivity contribution in [1.82, 2.24) is 14.5 Å². The van der Waals surface area contributed by atoms with E-state index < -0.39 is 22.0 Å². The summed E-state index contributed by atoms with van der Waals surface area (Å²) in [7, 11) is -2.47. The summed E-state index contributed by atoms with van der Waals surface area (Å²) < 4.78 is 26.9. The van der Waals surface area contributed by atoms with Crippen LogP contribution in [0.25, 0.3) is 0 Å². The molecule has 0 heterocycles. The Hall–Kier alpha value is -2.71. The van der Waals surface area contributed by atoms with Gasteiger partial charge in [0.1, 0.15) is 6.04 Å². The fourth-order valence-electron chi connectivity index (χ4n) is 3.22. The monoisotopic (exact) mass is 459 g/mol.